The van der Waals surface area contributed by atoms with Crippen molar-refractivity contribution < 1.29 is 12.8 Å². The molecule has 1 aromatic heterocycles. The quantitative estimate of drug-likeness (QED) is 0.635. The first kappa shape index (κ1) is 13.7. The van der Waals surface area contributed by atoms with Gasteiger partial charge in [-0.1, -0.05) is 13.8 Å². The number of aryl methyl sites for hydroxylation is 1. The fourth-order valence-electron chi connectivity index (χ4n) is 1.70. The maximum atomic E-state index is 10.8. The van der Waals surface area contributed by atoms with E-state index in [0.717, 1.165) is 22.9 Å². The highest BCUT2D eigenvalue weighted by Gasteiger charge is 2.13. The number of hydrogen-bond acceptors (Lipinski definition) is 5. The van der Waals surface area contributed by atoms with Crippen molar-refractivity contribution in [2.45, 2.75) is 26.7 Å². The van der Waals surface area contributed by atoms with Crippen molar-refractivity contribution in [2.24, 2.45) is 0 Å². The maximum absolute atomic E-state index is 10.8. The molecular formula is C14H16NO3S-. The third-order valence-electron chi connectivity index (χ3n) is 2.61. The van der Waals surface area contributed by atoms with Gasteiger partial charge >= 0.3 is 0 Å². The Labute approximate surface area is 114 Å². The van der Waals surface area contributed by atoms with Crippen molar-refractivity contribution in [3.63, 3.8) is 0 Å². The largest absolute Gasteiger partial charge is 0.561 e. The first-order chi connectivity index (χ1) is 8.97. The highest BCUT2D eigenvalue weighted by molar-refractivity contribution is 7.77. The Morgan fingerprint density at radius 1 is 1.32 bits per heavy atom. The van der Waals surface area contributed by atoms with Crippen molar-refractivity contribution in [1.82, 2.24) is 4.98 Å². The molecule has 2 rings (SSSR count). The van der Waals surface area contributed by atoms with Crippen LogP contribution in [0.1, 0.15) is 31.4 Å². The van der Waals surface area contributed by atoms with Gasteiger partial charge in [-0.2, -0.15) is 5.87 Å². The van der Waals surface area contributed by atoms with Crippen LogP contribution in [0, 0.1) is 6.92 Å². The van der Waals surface area contributed by atoms with Crippen molar-refractivity contribution in [3.8, 4) is 17.1 Å². The number of benzene rings is 1. The number of hydrogen-bond donors (Lipinski definition) is 0. The topological polar surface area (TPSA) is 52.3 Å². The van der Waals surface area contributed by atoms with Gasteiger partial charge in [0.15, 0.2) is 11.7 Å². The SMILES string of the molecule is C=[S-](=O)Oc1ccc(-c2oc(C(C)C)nc2C)cc1. The highest BCUT2D eigenvalue weighted by atomic mass is 32.2. The standard InChI is InChI=1S/C14H16NO3S/c1-9(2)14-15-10(3)13(17-14)11-5-7-12(8-6-11)18-19(4)16/h5-9H,4H2,1-3H3/q-1. The molecule has 102 valence electrons. The molecular weight excluding hydrogens is 262 g/mol. The Balaban J connectivity index is 2.31. The molecule has 0 bridgehead atoms. The summed E-state index contributed by atoms with van der Waals surface area (Å²) < 4.78 is 21.6. The first-order valence-electron chi connectivity index (χ1n) is 5.95. The lowest BCUT2D eigenvalue weighted by molar-refractivity contribution is 0.481. The van der Waals surface area contributed by atoms with Gasteiger partial charge in [0.05, 0.1) is 11.4 Å². The first-order valence-corrected chi connectivity index (χ1v) is 7.19. The number of oxazole rings is 1. The molecule has 0 radical (unpaired) electrons. The van der Waals surface area contributed by atoms with Crippen molar-refractivity contribution in [2.75, 3.05) is 0 Å². The Bertz CT molecular complexity index is 631. The molecule has 4 nitrogen and oxygen atoms in total. The van der Waals surface area contributed by atoms with Crippen molar-refractivity contribution in [3.05, 3.63) is 35.9 Å². The summed E-state index contributed by atoms with van der Waals surface area (Å²) in [7, 11) is -1.56. The van der Waals surface area contributed by atoms with Crippen LogP contribution in [0.3, 0.4) is 0 Å². The van der Waals surface area contributed by atoms with Crippen LogP contribution in [0.2, 0.25) is 0 Å². The fourth-order valence-corrected chi connectivity index (χ4v) is 2.03. The summed E-state index contributed by atoms with van der Waals surface area (Å²) >= 11 is 0. The molecule has 0 saturated carbocycles. The van der Waals surface area contributed by atoms with Crippen LogP contribution < -0.4 is 4.18 Å². The molecule has 0 spiro atoms. The second-order valence-electron chi connectivity index (χ2n) is 4.53. The minimum Gasteiger partial charge on any atom is -0.561 e. The molecule has 1 aromatic carbocycles. The van der Waals surface area contributed by atoms with E-state index >= 15 is 0 Å². The van der Waals surface area contributed by atoms with Crippen molar-refractivity contribution >= 4 is 16.5 Å². The summed E-state index contributed by atoms with van der Waals surface area (Å²) in [5, 5.41) is 0. The highest BCUT2D eigenvalue weighted by Crippen LogP contribution is 2.28. The van der Waals surface area contributed by atoms with Gasteiger partial charge in [-0.25, -0.2) is 4.98 Å². The summed E-state index contributed by atoms with van der Waals surface area (Å²) in [5.41, 5.74) is 1.78. The average Bonchev–Trinajstić information content (AvgIpc) is 2.72. The third kappa shape index (κ3) is 3.17. The summed E-state index contributed by atoms with van der Waals surface area (Å²) in [4.78, 5) is 4.40. The molecule has 0 atom stereocenters. The van der Waals surface area contributed by atoms with Crippen LogP contribution >= 0.6 is 0 Å². The van der Waals surface area contributed by atoms with Crippen LogP contribution in [0.25, 0.3) is 11.3 Å². The Morgan fingerprint density at radius 3 is 2.42 bits per heavy atom. The Morgan fingerprint density at radius 2 is 1.95 bits per heavy atom. The van der Waals surface area contributed by atoms with E-state index in [2.05, 4.69) is 10.9 Å². The summed E-state index contributed by atoms with van der Waals surface area (Å²) in [5.74, 6) is 5.52. The second kappa shape index (κ2) is 5.48. The van der Waals surface area contributed by atoms with Crippen LogP contribution in [0.5, 0.6) is 5.75 Å². The van der Waals surface area contributed by atoms with Gasteiger partial charge in [0.2, 0.25) is 0 Å². The molecule has 0 saturated heterocycles. The second-order valence-corrected chi connectivity index (χ2v) is 5.31. The predicted octanol–water partition coefficient (Wildman–Crippen LogP) is 3.46. The zero-order valence-corrected chi connectivity index (χ0v) is 12.0. The molecule has 1 heterocycles. The van der Waals surface area contributed by atoms with Gasteiger partial charge in [0.1, 0.15) is 0 Å². The molecule has 0 fully saturated rings. The molecule has 5 heteroatoms. The molecule has 0 aliphatic rings. The Hall–Kier alpha value is -1.75. The zero-order valence-electron chi connectivity index (χ0n) is 11.2. The van der Waals surface area contributed by atoms with E-state index < -0.39 is 10.7 Å². The van der Waals surface area contributed by atoms with Gasteiger partial charge in [-0.05, 0) is 31.2 Å². The fraction of sp³-hybridized carbons (Fsp3) is 0.286. The molecule has 2 aromatic rings. The zero-order chi connectivity index (χ0) is 14.0. The number of rotatable bonds is 4. The van der Waals surface area contributed by atoms with Crippen molar-refractivity contribution in [1.29, 1.82) is 0 Å². The van der Waals surface area contributed by atoms with E-state index in [1.807, 2.05) is 32.9 Å². The molecule has 0 unspecified atom stereocenters. The minimum absolute atomic E-state index is 0.253. The van der Waals surface area contributed by atoms with Gasteiger partial charge < -0.3 is 12.8 Å². The lowest BCUT2D eigenvalue weighted by Crippen LogP contribution is -1.88. The number of nitrogens with zero attached hydrogens (tertiary/aromatic N) is 1. The normalized spacial score (nSPS) is 11.2. The lowest BCUT2D eigenvalue weighted by Gasteiger charge is -2.08. The number of aromatic nitrogens is 1. The molecule has 0 aliphatic heterocycles. The van der Waals surface area contributed by atoms with E-state index in [9.17, 15) is 4.21 Å². The van der Waals surface area contributed by atoms with Crippen LogP contribution in [-0.4, -0.2) is 10.9 Å². The van der Waals surface area contributed by atoms with Crippen LogP contribution in [0.4, 0.5) is 0 Å². The molecule has 0 amide bonds. The van der Waals surface area contributed by atoms with Crippen LogP contribution in [0.15, 0.2) is 28.7 Å². The van der Waals surface area contributed by atoms with Gasteiger partial charge in [-0.3, -0.25) is 0 Å². The minimum atomic E-state index is -1.56. The summed E-state index contributed by atoms with van der Waals surface area (Å²) in [6, 6.07) is 7.16. The summed E-state index contributed by atoms with van der Waals surface area (Å²) in [6.45, 7) is 5.99. The average molecular weight is 278 g/mol. The molecule has 0 N–H and O–H groups in total. The third-order valence-corrected chi connectivity index (χ3v) is 2.99. The predicted molar refractivity (Wildman–Crippen MR) is 76.6 cm³/mol. The Kier molecular flexibility index (Phi) is 3.95. The summed E-state index contributed by atoms with van der Waals surface area (Å²) in [6.07, 6.45) is 0. The van der Waals surface area contributed by atoms with Crippen LogP contribution in [-0.2, 0) is 14.9 Å². The van der Waals surface area contributed by atoms with E-state index in [-0.39, 0.29) is 5.92 Å². The van der Waals surface area contributed by atoms with E-state index in [0.29, 0.717) is 5.75 Å². The van der Waals surface area contributed by atoms with Gasteiger partial charge in [-0.15, -0.1) is 10.7 Å². The van der Waals surface area contributed by atoms with E-state index in [4.69, 9.17) is 8.60 Å². The maximum Gasteiger partial charge on any atom is 0.197 e. The van der Waals surface area contributed by atoms with E-state index in [1.165, 1.54) is 0 Å². The smallest absolute Gasteiger partial charge is 0.197 e. The van der Waals surface area contributed by atoms with Gasteiger partial charge in [0.25, 0.3) is 0 Å². The van der Waals surface area contributed by atoms with E-state index in [1.54, 1.807) is 12.1 Å². The lowest BCUT2D eigenvalue weighted by atomic mass is 10.1. The molecule has 19 heavy (non-hydrogen) atoms. The molecule has 0 aliphatic carbocycles. The monoisotopic (exact) mass is 278 g/mol. The van der Waals surface area contributed by atoms with Gasteiger partial charge in [0, 0.05) is 11.5 Å².